The number of carboxylic acids is 1. The summed E-state index contributed by atoms with van der Waals surface area (Å²) in [7, 11) is 0. The Labute approximate surface area is 127 Å². The van der Waals surface area contributed by atoms with E-state index in [1.807, 2.05) is 34.6 Å². The Morgan fingerprint density at radius 2 is 1.71 bits per heavy atom. The van der Waals surface area contributed by atoms with E-state index in [1.54, 1.807) is 0 Å². The first-order chi connectivity index (χ1) is 9.58. The first-order valence-corrected chi connectivity index (χ1v) is 7.45. The molecule has 0 saturated heterocycles. The van der Waals surface area contributed by atoms with Crippen molar-refractivity contribution in [1.29, 1.82) is 0 Å². The number of ether oxygens (including phenoxy) is 1. The van der Waals surface area contributed by atoms with Gasteiger partial charge in [0.1, 0.15) is 0 Å². The van der Waals surface area contributed by atoms with E-state index in [4.69, 9.17) is 9.84 Å². The molecule has 6 nitrogen and oxygen atoms in total. The number of carbonyl (C=O) groups excluding carboxylic acids is 1. The predicted molar refractivity (Wildman–Crippen MR) is 82.4 cm³/mol. The third kappa shape index (κ3) is 11.1. The third-order valence-electron chi connectivity index (χ3n) is 3.31. The molecule has 0 aromatic rings. The molecular weight excluding hydrogens is 272 g/mol. The molecule has 0 radical (unpaired) electrons. The summed E-state index contributed by atoms with van der Waals surface area (Å²) in [5.74, 6) is -0.785. The van der Waals surface area contributed by atoms with Gasteiger partial charge >= 0.3 is 12.0 Å². The fraction of sp³-hybridized carbons (Fsp3) is 0.867. The van der Waals surface area contributed by atoms with E-state index in [9.17, 15) is 9.59 Å². The van der Waals surface area contributed by atoms with Crippen molar-refractivity contribution in [2.75, 3.05) is 19.7 Å². The topological polar surface area (TPSA) is 87.7 Å². The number of carbonyl (C=O) groups is 2. The van der Waals surface area contributed by atoms with Gasteiger partial charge < -0.3 is 20.5 Å². The number of hydrogen-bond acceptors (Lipinski definition) is 3. The van der Waals surface area contributed by atoms with Crippen LogP contribution in [-0.4, -0.2) is 42.4 Å². The minimum atomic E-state index is -0.785. The van der Waals surface area contributed by atoms with Gasteiger partial charge in [-0.25, -0.2) is 4.79 Å². The van der Waals surface area contributed by atoms with Crippen LogP contribution < -0.4 is 10.6 Å². The number of rotatable bonds is 10. The molecule has 0 aliphatic rings. The van der Waals surface area contributed by atoms with Gasteiger partial charge in [-0.15, -0.1) is 0 Å². The van der Waals surface area contributed by atoms with E-state index in [-0.39, 0.29) is 23.5 Å². The van der Waals surface area contributed by atoms with Gasteiger partial charge in [0.15, 0.2) is 0 Å². The molecule has 0 aliphatic heterocycles. The van der Waals surface area contributed by atoms with Gasteiger partial charge in [-0.05, 0) is 39.0 Å². The van der Waals surface area contributed by atoms with Crippen molar-refractivity contribution < 1.29 is 19.4 Å². The minimum Gasteiger partial charge on any atom is -0.481 e. The molecule has 0 fully saturated rings. The fourth-order valence-corrected chi connectivity index (χ4v) is 1.88. The quantitative estimate of drug-likeness (QED) is 0.578. The average molecular weight is 302 g/mol. The molecule has 2 amide bonds. The van der Waals surface area contributed by atoms with Crippen molar-refractivity contribution in [2.24, 2.45) is 5.41 Å². The van der Waals surface area contributed by atoms with Crippen molar-refractivity contribution in [1.82, 2.24) is 10.6 Å². The van der Waals surface area contributed by atoms with E-state index in [0.717, 1.165) is 6.42 Å². The lowest BCUT2D eigenvalue weighted by Gasteiger charge is -2.26. The maximum atomic E-state index is 11.7. The molecule has 124 valence electrons. The third-order valence-corrected chi connectivity index (χ3v) is 3.31. The predicted octanol–water partition coefficient (Wildman–Crippen LogP) is 2.38. The maximum Gasteiger partial charge on any atom is 0.314 e. The molecule has 0 rings (SSSR count). The smallest absolute Gasteiger partial charge is 0.314 e. The Hall–Kier alpha value is -1.30. The van der Waals surface area contributed by atoms with Crippen molar-refractivity contribution in [3.63, 3.8) is 0 Å². The summed E-state index contributed by atoms with van der Waals surface area (Å²) >= 11 is 0. The van der Waals surface area contributed by atoms with Crippen LogP contribution in [0.15, 0.2) is 0 Å². The molecule has 0 aromatic heterocycles. The van der Waals surface area contributed by atoms with Crippen LogP contribution in [0.4, 0.5) is 4.79 Å². The standard InChI is InChI=1S/C15H30N2O4/c1-6-21-15(4,5)11-17-13(20)16-10-9-14(2,3)8-7-12(18)19/h6-11H2,1-5H3,(H,18,19)(H2,16,17,20). The molecular formula is C15H30N2O4. The number of carboxylic acid groups (broad SMARTS) is 1. The zero-order valence-electron chi connectivity index (χ0n) is 13.9. The largest absolute Gasteiger partial charge is 0.481 e. The van der Waals surface area contributed by atoms with Crippen LogP contribution in [0.25, 0.3) is 0 Å². The molecule has 0 aromatic carbocycles. The number of aliphatic carboxylic acids is 1. The van der Waals surface area contributed by atoms with Gasteiger partial charge in [-0.1, -0.05) is 13.8 Å². The molecule has 21 heavy (non-hydrogen) atoms. The van der Waals surface area contributed by atoms with Crippen molar-refractivity contribution in [3.8, 4) is 0 Å². The summed E-state index contributed by atoms with van der Waals surface area (Å²) in [5, 5.41) is 14.3. The molecule has 0 atom stereocenters. The minimum absolute atomic E-state index is 0.101. The fourth-order valence-electron chi connectivity index (χ4n) is 1.88. The first kappa shape index (κ1) is 19.7. The van der Waals surface area contributed by atoms with Crippen LogP contribution in [0.5, 0.6) is 0 Å². The average Bonchev–Trinajstić information content (AvgIpc) is 2.34. The van der Waals surface area contributed by atoms with Gasteiger partial charge in [0, 0.05) is 26.1 Å². The molecule has 0 heterocycles. The number of nitrogens with one attached hydrogen (secondary N) is 2. The summed E-state index contributed by atoms with van der Waals surface area (Å²) in [6.07, 6.45) is 1.49. The van der Waals surface area contributed by atoms with Crippen LogP contribution in [0.2, 0.25) is 0 Å². The Kier molecular flexibility index (Phi) is 8.32. The van der Waals surface area contributed by atoms with E-state index >= 15 is 0 Å². The molecule has 6 heteroatoms. The number of hydrogen-bond donors (Lipinski definition) is 3. The van der Waals surface area contributed by atoms with Crippen LogP contribution in [-0.2, 0) is 9.53 Å². The number of amides is 2. The summed E-state index contributed by atoms with van der Waals surface area (Å²) in [6.45, 7) is 11.3. The highest BCUT2D eigenvalue weighted by molar-refractivity contribution is 5.73. The molecule has 0 bridgehead atoms. The van der Waals surface area contributed by atoms with Crippen LogP contribution in [0, 0.1) is 5.41 Å². The van der Waals surface area contributed by atoms with E-state index in [1.165, 1.54) is 0 Å². The van der Waals surface area contributed by atoms with Gasteiger partial charge in [0.25, 0.3) is 0 Å². The SMILES string of the molecule is CCOC(C)(C)CNC(=O)NCCC(C)(C)CCC(=O)O. The van der Waals surface area contributed by atoms with Gasteiger partial charge in [0.2, 0.25) is 0 Å². The van der Waals surface area contributed by atoms with Gasteiger partial charge in [-0.2, -0.15) is 0 Å². The lowest BCUT2D eigenvalue weighted by Crippen LogP contribution is -2.45. The zero-order valence-corrected chi connectivity index (χ0v) is 13.9. The summed E-state index contributed by atoms with van der Waals surface area (Å²) < 4.78 is 5.49. The van der Waals surface area contributed by atoms with Crippen molar-refractivity contribution in [3.05, 3.63) is 0 Å². The molecule has 0 unspecified atom stereocenters. The molecule has 0 saturated carbocycles. The maximum absolute atomic E-state index is 11.7. The second-order valence-electron chi connectivity index (χ2n) is 6.61. The van der Waals surface area contributed by atoms with Gasteiger partial charge in [0.05, 0.1) is 5.60 Å². The Morgan fingerprint density at radius 3 is 2.24 bits per heavy atom. The lowest BCUT2D eigenvalue weighted by molar-refractivity contribution is -0.137. The normalized spacial score (nSPS) is 12.0. The van der Waals surface area contributed by atoms with Crippen molar-refractivity contribution >= 4 is 12.0 Å². The molecule has 0 spiro atoms. The second kappa shape index (κ2) is 8.87. The zero-order chi connectivity index (χ0) is 16.5. The Balaban J connectivity index is 3.91. The highest BCUT2D eigenvalue weighted by Gasteiger charge is 2.20. The second-order valence-corrected chi connectivity index (χ2v) is 6.61. The molecule has 3 N–H and O–H groups in total. The Bertz CT molecular complexity index is 341. The van der Waals surface area contributed by atoms with Crippen LogP contribution in [0.3, 0.4) is 0 Å². The summed E-state index contributed by atoms with van der Waals surface area (Å²) in [4.78, 5) is 22.2. The summed E-state index contributed by atoms with van der Waals surface area (Å²) in [5.41, 5.74) is -0.483. The van der Waals surface area contributed by atoms with Crippen LogP contribution >= 0.6 is 0 Å². The monoisotopic (exact) mass is 302 g/mol. The first-order valence-electron chi connectivity index (χ1n) is 7.45. The van der Waals surface area contributed by atoms with E-state index < -0.39 is 5.97 Å². The lowest BCUT2D eigenvalue weighted by atomic mass is 9.84. The highest BCUT2D eigenvalue weighted by Crippen LogP contribution is 2.25. The Morgan fingerprint density at radius 1 is 1.10 bits per heavy atom. The molecule has 0 aliphatic carbocycles. The van der Waals surface area contributed by atoms with Gasteiger partial charge in [-0.3, -0.25) is 4.79 Å². The van der Waals surface area contributed by atoms with E-state index in [2.05, 4.69) is 10.6 Å². The van der Waals surface area contributed by atoms with Crippen molar-refractivity contribution in [2.45, 2.75) is 59.5 Å². The van der Waals surface area contributed by atoms with Crippen LogP contribution in [0.1, 0.15) is 53.9 Å². The number of urea groups is 1. The summed E-state index contributed by atoms with van der Waals surface area (Å²) in [6, 6.07) is -0.225. The highest BCUT2D eigenvalue weighted by atomic mass is 16.5. The van der Waals surface area contributed by atoms with E-state index in [0.29, 0.717) is 26.1 Å².